The molecule has 0 saturated carbocycles. The van der Waals surface area contributed by atoms with Crippen molar-refractivity contribution in [3.05, 3.63) is 47.5 Å². The lowest BCUT2D eigenvalue weighted by Gasteiger charge is -2.35. The van der Waals surface area contributed by atoms with E-state index in [1.807, 2.05) is 11.0 Å². The van der Waals surface area contributed by atoms with Gasteiger partial charge in [-0.3, -0.25) is 9.69 Å². The minimum atomic E-state index is -2.56. The first-order valence-corrected chi connectivity index (χ1v) is 12.9. The van der Waals surface area contributed by atoms with Gasteiger partial charge >= 0.3 is 0 Å². The number of amides is 1. The third-order valence-corrected chi connectivity index (χ3v) is 6.81. The summed E-state index contributed by atoms with van der Waals surface area (Å²) in [5.41, 5.74) is 1.62. The molecule has 2 unspecified atom stereocenters. The molecule has 5 rings (SSSR count). The van der Waals surface area contributed by atoms with Gasteiger partial charge in [-0.2, -0.15) is 0 Å². The van der Waals surface area contributed by atoms with Gasteiger partial charge in [0, 0.05) is 63.7 Å². The second-order valence-electron chi connectivity index (χ2n) is 9.84. The van der Waals surface area contributed by atoms with E-state index in [-0.39, 0.29) is 31.5 Å². The minimum absolute atomic E-state index is 0.0591. The number of hydrogen-bond acceptors (Lipinski definition) is 8. The number of alkyl halides is 2. The predicted octanol–water partition coefficient (Wildman–Crippen LogP) is 2.21. The van der Waals surface area contributed by atoms with Crippen molar-refractivity contribution < 1.29 is 37.6 Å². The van der Waals surface area contributed by atoms with E-state index in [9.17, 15) is 18.7 Å². The molecule has 2 atom stereocenters. The molecular formula is C27H33F2N3O6. The number of halogens is 2. The molecule has 1 amide bonds. The first kappa shape index (κ1) is 26.5. The highest BCUT2D eigenvalue weighted by Gasteiger charge is 2.35. The maximum Gasteiger partial charge on any atom is 0.251 e. The lowest BCUT2D eigenvalue weighted by Crippen LogP contribution is -2.46. The molecule has 0 aromatic heterocycles. The van der Waals surface area contributed by atoms with Gasteiger partial charge in [-0.25, -0.2) is 8.78 Å². The summed E-state index contributed by atoms with van der Waals surface area (Å²) in [5.74, 6) is -0.226. The molecule has 2 aromatic rings. The average Bonchev–Trinajstić information content (AvgIpc) is 3.28. The van der Waals surface area contributed by atoms with Gasteiger partial charge in [0.25, 0.3) is 11.8 Å². The highest BCUT2D eigenvalue weighted by Crippen LogP contribution is 2.36. The molecule has 38 heavy (non-hydrogen) atoms. The second kappa shape index (κ2) is 11.7. The van der Waals surface area contributed by atoms with Crippen LogP contribution in [0.2, 0.25) is 0 Å². The van der Waals surface area contributed by atoms with E-state index in [0.717, 1.165) is 5.56 Å². The molecule has 3 aliphatic heterocycles. The Morgan fingerprint density at radius 2 is 1.92 bits per heavy atom. The number of aliphatic hydroxyl groups excluding tert-OH is 1. The number of benzene rings is 2. The summed E-state index contributed by atoms with van der Waals surface area (Å²) in [7, 11) is 0. The van der Waals surface area contributed by atoms with E-state index in [1.54, 1.807) is 30.3 Å². The molecule has 1 fully saturated rings. The van der Waals surface area contributed by atoms with E-state index < -0.39 is 12.0 Å². The molecule has 206 valence electrons. The third kappa shape index (κ3) is 6.83. The fourth-order valence-electron chi connectivity index (χ4n) is 4.68. The number of carbonyl (C=O) groups excluding carboxylic acids is 1. The molecule has 0 bridgehead atoms. The van der Waals surface area contributed by atoms with Gasteiger partial charge in [0.2, 0.25) is 0 Å². The van der Waals surface area contributed by atoms with E-state index in [0.29, 0.717) is 81.0 Å². The fraction of sp³-hybridized carbons (Fsp3) is 0.519. The molecular weight excluding hydrogens is 500 g/mol. The highest BCUT2D eigenvalue weighted by atomic mass is 19.3. The summed E-state index contributed by atoms with van der Waals surface area (Å²) < 4.78 is 50.0. The Bertz CT molecular complexity index is 1120. The largest absolute Gasteiger partial charge is 0.492 e. The van der Waals surface area contributed by atoms with Crippen LogP contribution in [0.4, 0.5) is 8.78 Å². The number of piperidine rings is 1. The number of nitrogens with one attached hydrogen (secondary N) is 2. The van der Waals surface area contributed by atoms with Gasteiger partial charge in [0.15, 0.2) is 11.5 Å². The van der Waals surface area contributed by atoms with Gasteiger partial charge in [0.1, 0.15) is 43.5 Å². The number of aliphatic hydroxyl groups is 1. The predicted molar refractivity (Wildman–Crippen MR) is 134 cm³/mol. The molecule has 9 nitrogen and oxygen atoms in total. The zero-order chi connectivity index (χ0) is 26.5. The average molecular weight is 534 g/mol. The van der Waals surface area contributed by atoms with Crippen LogP contribution in [0.3, 0.4) is 0 Å². The Labute approximate surface area is 220 Å². The highest BCUT2D eigenvalue weighted by molar-refractivity contribution is 5.98. The van der Waals surface area contributed by atoms with Crippen LogP contribution in [0.1, 0.15) is 28.8 Å². The summed E-state index contributed by atoms with van der Waals surface area (Å²) >= 11 is 0. The Kier molecular flexibility index (Phi) is 8.15. The topological polar surface area (TPSA) is 102 Å². The molecule has 1 saturated heterocycles. The van der Waals surface area contributed by atoms with E-state index in [4.69, 9.17) is 18.9 Å². The van der Waals surface area contributed by atoms with Crippen LogP contribution in [-0.2, 0) is 6.54 Å². The zero-order valence-electron chi connectivity index (χ0n) is 21.1. The molecule has 3 N–H and O–H groups in total. The van der Waals surface area contributed by atoms with Crippen molar-refractivity contribution in [2.45, 2.75) is 37.5 Å². The third-order valence-electron chi connectivity index (χ3n) is 6.81. The molecule has 3 heterocycles. The van der Waals surface area contributed by atoms with Gasteiger partial charge in [-0.1, -0.05) is 0 Å². The van der Waals surface area contributed by atoms with E-state index >= 15 is 0 Å². The normalized spacial score (nSPS) is 20.9. The molecule has 11 heteroatoms. The standard InChI is InChI=1S/C27H33F2N3O6/c28-27(29)5-8-32(9-6-27)15-22-17-37-25-12-21(2-4-24(25)38-22)36-16-19(33)14-30-7-10-35-20-1-3-23-18(11-20)13-31-26(23)34/h1-4,11-12,19,22,30,33H,5-10,13-17H2,(H,31,34). The fourth-order valence-corrected chi connectivity index (χ4v) is 4.68. The van der Waals surface area contributed by atoms with Gasteiger partial charge < -0.3 is 34.7 Å². The lowest BCUT2D eigenvalue weighted by molar-refractivity contribution is -0.0627. The van der Waals surface area contributed by atoms with Crippen LogP contribution in [0, 0.1) is 0 Å². The summed E-state index contributed by atoms with van der Waals surface area (Å²) in [6.07, 6.45) is -1.18. The molecule has 2 aromatic carbocycles. The van der Waals surface area contributed by atoms with Crippen LogP contribution >= 0.6 is 0 Å². The number of hydrogen-bond donors (Lipinski definition) is 3. The monoisotopic (exact) mass is 533 g/mol. The number of rotatable bonds is 11. The van der Waals surface area contributed by atoms with Gasteiger partial charge in [-0.15, -0.1) is 0 Å². The SMILES string of the molecule is O=C1NCc2cc(OCCNCC(O)COc3ccc4c(c3)OCC(CN3CCC(F)(F)CC3)O4)ccc21. The smallest absolute Gasteiger partial charge is 0.251 e. The van der Waals surface area contributed by atoms with Crippen LogP contribution in [0.25, 0.3) is 0 Å². The Hall–Kier alpha value is -3.15. The first-order chi connectivity index (χ1) is 18.3. The second-order valence-corrected chi connectivity index (χ2v) is 9.84. The number of carbonyl (C=O) groups is 1. The van der Waals surface area contributed by atoms with Crippen molar-refractivity contribution in [3.8, 4) is 23.0 Å². The van der Waals surface area contributed by atoms with Crippen molar-refractivity contribution in [2.75, 3.05) is 52.5 Å². The van der Waals surface area contributed by atoms with Crippen LogP contribution < -0.4 is 29.6 Å². The van der Waals surface area contributed by atoms with E-state index in [1.165, 1.54) is 0 Å². The van der Waals surface area contributed by atoms with Crippen LogP contribution in [-0.4, -0.2) is 86.6 Å². The van der Waals surface area contributed by atoms with Crippen LogP contribution in [0.5, 0.6) is 23.0 Å². The molecule has 3 aliphatic rings. The first-order valence-electron chi connectivity index (χ1n) is 12.9. The van der Waals surface area contributed by atoms with Crippen molar-refractivity contribution >= 4 is 5.91 Å². The van der Waals surface area contributed by atoms with Gasteiger partial charge in [0.05, 0.1) is 0 Å². The van der Waals surface area contributed by atoms with Crippen molar-refractivity contribution in [1.29, 1.82) is 0 Å². The number of fused-ring (bicyclic) bond motifs is 2. The van der Waals surface area contributed by atoms with E-state index in [2.05, 4.69) is 10.6 Å². The summed E-state index contributed by atoms with van der Waals surface area (Å²) in [5, 5.41) is 16.2. The Morgan fingerprint density at radius 3 is 2.76 bits per heavy atom. The number of nitrogens with zero attached hydrogens (tertiary/aromatic N) is 1. The van der Waals surface area contributed by atoms with Crippen molar-refractivity contribution in [2.24, 2.45) is 0 Å². The Morgan fingerprint density at radius 1 is 1.13 bits per heavy atom. The molecule has 0 aliphatic carbocycles. The maximum absolute atomic E-state index is 13.4. The minimum Gasteiger partial charge on any atom is -0.492 e. The van der Waals surface area contributed by atoms with Crippen LogP contribution in [0.15, 0.2) is 36.4 Å². The van der Waals surface area contributed by atoms with Gasteiger partial charge in [-0.05, 0) is 35.9 Å². The maximum atomic E-state index is 13.4. The summed E-state index contributed by atoms with van der Waals surface area (Å²) in [6, 6.07) is 10.6. The quantitative estimate of drug-likeness (QED) is 0.378. The summed E-state index contributed by atoms with van der Waals surface area (Å²) in [4.78, 5) is 13.6. The molecule has 0 spiro atoms. The number of ether oxygens (including phenoxy) is 4. The zero-order valence-corrected chi connectivity index (χ0v) is 21.1. The number of likely N-dealkylation sites (tertiary alicyclic amines) is 1. The Balaban J connectivity index is 0.978. The van der Waals surface area contributed by atoms with Crippen molar-refractivity contribution in [1.82, 2.24) is 15.5 Å². The lowest BCUT2D eigenvalue weighted by atomic mass is 10.1. The summed E-state index contributed by atoms with van der Waals surface area (Å²) in [6.45, 7) is 3.49. The van der Waals surface area contributed by atoms with Crippen molar-refractivity contribution in [3.63, 3.8) is 0 Å². The molecule has 0 radical (unpaired) electrons.